The third-order valence-electron chi connectivity index (χ3n) is 5.38. The average Bonchev–Trinajstić information content (AvgIpc) is 3.28. The zero-order valence-corrected chi connectivity index (χ0v) is 17.6. The maximum Gasteiger partial charge on any atom is 0.254 e. The number of amides is 2. The van der Waals surface area contributed by atoms with Crippen molar-refractivity contribution in [2.75, 3.05) is 37.2 Å². The minimum atomic E-state index is -0.0350. The van der Waals surface area contributed by atoms with Gasteiger partial charge in [-0.25, -0.2) is 0 Å². The van der Waals surface area contributed by atoms with Crippen LogP contribution in [0.5, 0.6) is 0 Å². The van der Waals surface area contributed by atoms with E-state index in [1.165, 1.54) is 11.8 Å². The van der Waals surface area contributed by atoms with E-state index in [9.17, 15) is 9.59 Å². The number of carbonyl (C=O) groups is 2. The summed E-state index contributed by atoms with van der Waals surface area (Å²) in [4.78, 5) is 34.1. The molecular formula is C22H21N5O3S. The highest BCUT2D eigenvalue weighted by Gasteiger charge is 2.25. The fourth-order valence-electron chi connectivity index (χ4n) is 3.72. The number of rotatable bonds is 4. The second-order valence-electron chi connectivity index (χ2n) is 7.49. The van der Waals surface area contributed by atoms with Crippen LogP contribution in [-0.4, -0.2) is 63.7 Å². The van der Waals surface area contributed by atoms with Crippen molar-refractivity contribution in [3.05, 3.63) is 60.0 Å². The smallest absolute Gasteiger partial charge is 0.254 e. The minimum absolute atomic E-state index is 0.0172. The second kappa shape index (κ2) is 8.52. The molecular weight excluding hydrogens is 414 g/mol. The molecule has 2 aliphatic rings. The summed E-state index contributed by atoms with van der Waals surface area (Å²) in [6.45, 7) is 3.26. The summed E-state index contributed by atoms with van der Waals surface area (Å²) < 4.78 is 5.41. The first-order valence-electron chi connectivity index (χ1n) is 10.1. The molecule has 9 heteroatoms. The van der Waals surface area contributed by atoms with Crippen LogP contribution in [0.4, 0.5) is 5.69 Å². The number of anilines is 1. The minimum Gasteiger partial charge on any atom is -0.338 e. The highest BCUT2D eigenvalue weighted by atomic mass is 32.2. The van der Waals surface area contributed by atoms with Crippen LogP contribution >= 0.6 is 11.8 Å². The fourth-order valence-corrected chi connectivity index (χ4v) is 4.51. The first kappa shape index (κ1) is 19.8. The van der Waals surface area contributed by atoms with Crippen molar-refractivity contribution in [1.29, 1.82) is 0 Å². The van der Waals surface area contributed by atoms with E-state index in [4.69, 9.17) is 4.52 Å². The largest absolute Gasteiger partial charge is 0.338 e. The van der Waals surface area contributed by atoms with E-state index in [0.717, 1.165) is 29.2 Å². The van der Waals surface area contributed by atoms with Gasteiger partial charge in [-0.1, -0.05) is 35.5 Å². The number of hydrogen-bond acceptors (Lipinski definition) is 7. The monoisotopic (exact) mass is 435 g/mol. The topological polar surface area (TPSA) is 91.6 Å². The number of nitrogens with zero attached hydrogens (tertiary/aromatic N) is 4. The molecule has 0 atom stereocenters. The summed E-state index contributed by atoms with van der Waals surface area (Å²) in [6.07, 6.45) is 0. The highest BCUT2D eigenvalue weighted by Crippen LogP contribution is 2.32. The van der Waals surface area contributed by atoms with Crippen LogP contribution < -0.4 is 5.32 Å². The quantitative estimate of drug-likeness (QED) is 0.674. The maximum atomic E-state index is 12.9. The number of nitrogens with one attached hydrogen (secondary N) is 1. The van der Waals surface area contributed by atoms with Crippen molar-refractivity contribution in [2.45, 2.75) is 11.4 Å². The van der Waals surface area contributed by atoms with Crippen molar-refractivity contribution in [3.8, 4) is 11.4 Å². The molecule has 3 heterocycles. The van der Waals surface area contributed by atoms with Crippen LogP contribution in [0.15, 0.2) is 57.9 Å². The molecule has 8 nitrogen and oxygen atoms in total. The van der Waals surface area contributed by atoms with E-state index in [1.807, 2.05) is 47.4 Å². The molecule has 1 aromatic heterocycles. The van der Waals surface area contributed by atoms with Crippen molar-refractivity contribution in [2.24, 2.45) is 0 Å². The molecule has 31 heavy (non-hydrogen) atoms. The lowest BCUT2D eigenvalue weighted by molar-refractivity contribution is -0.113. The fraction of sp³-hybridized carbons (Fsp3) is 0.273. The Morgan fingerprint density at radius 3 is 2.71 bits per heavy atom. The lowest BCUT2D eigenvalue weighted by atomic mass is 10.1. The summed E-state index contributed by atoms with van der Waals surface area (Å²) in [6, 6.07) is 15.2. The number of benzene rings is 2. The van der Waals surface area contributed by atoms with Gasteiger partial charge in [-0.2, -0.15) is 4.98 Å². The SMILES string of the molecule is O=C1CSc2ccc(C(=O)N3CCN(Cc4nc(-c5ccccc5)no4)CC3)cc2N1. The first-order chi connectivity index (χ1) is 15.2. The highest BCUT2D eigenvalue weighted by molar-refractivity contribution is 8.00. The molecule has 0 bridgehead atoms. The van der Waals surface area contributed by atoms with Crippen LogP contribution in [0.2, 0.25) is 0 Å². The Morgan fingerprint density at radius 2 is 1.90 bits per heavy atom. The normalized spacial score (nSPS) is 16.6. The van der Waals surface area contributed by atoms with Crippen molar-refractivity contribution in [3.63, 3.8) is 0 Å². The summed E-state index contributed by atoms with van der Waals surface area (Å²) >= 11 is 1.49. The Morgan fingerprint density at radius 1 is 1.10 bits per heavy atom. The lowest BCUT2D eigenvalue weighted by Gasteiger charge is -2.34. The third kappa shape index (κ3) is 4.33. The summed E-state index contributed by atoms with van der Waals surface area (Å²) in [7, 11) is 0. The standard InChI is InChI=1S/C22H21N5O3S/c28-19-14-31-18-7-6-16(12-17(18)23-19)22(29)27-10-8-26(9-11-27)13-20-24-21(25-30-20)15-4-2-1-3-5-15/h1-7,12H,8-11,13-14H2,(H,23,28). The zero-order valence-electron chi connectivity index (χ0n) is 16.8. The van der Waals surface area contributed by atoms with E-state index in [2.05, 4.69) is 20.4 Å². The molecule has 0 spiro atoms. The molecule has 5 rings (SSSR count). The van der Waals surface area contributed by atoms with Crippen LogP contribution in [0, 0.1) is 0 Å². The van der Waals surface area contributed by atoms with E-state index < -0.39 is 0 Å². The first-order valence-corrected chi connectivity index (χ1v) is 11.1. The van der Waals surface area contributed by atoms with Crippen molar-refractivity contribution in [1.82, 2.24) is 19.9 Å². The molecule has 2 aromatic carbocycles. The summed E-state index contributed by atoms with van der Waals surface area (Å²) in [5.41, 5.74) is 2.24. The van der Waals surface area contributed by atoms with E-state index >= 15 is 0 Å². The number of thioether (sulfide) groups is 1. The number of fused-ring (bicyclic) bond motifs is 1. The number of piperazine rings is 1. The number of hydrogen-bond donors (Lipinski definition) is 1. The Hall–Kier alpha value is -3.17. The molecule has 1 saturated heterocycles. The molecule has 1 fully saturated rings. The Bertz CT molecular complexity index is 1110. The van der Waals surface area contributed by atoms with Crippen LogP contribution in [0.25, 0.3) is 11.4 Å². The number of aromatic nitrogens is 2. The predicted octanol–water partition coefficient (Wildman–Crippen LogP) is 2.74. The van der Waals surface area contributed by atoms with Crippen molar-refractivity contribution < 1.29 is 14.1 Å². The molecule has 2 aliphatic heterocycles. The van der Waals surface area contributed by atoms with Gasteiger partial charge in [-0.3, -0.25) is 14.5 Å². The van der Waals surface area contributed by atoms with Gasteiger partial charge in [-0.15, -0.1) is 11.8 Å². The van der Waals surface area contributed by atoms with Gasteiger partial charge in [0.05, 0.1) is 18.0 Å². The molecule has 0 radical (unpaired) electrons. The van der Waals surface area contributed by atoms with Gasteiger partial charge < -0.3 is 14.7 Å². The second-order valence-corrected chi connectivity index (χ2v) is 8.51. The third-order valence-corrected chi connectivity index (χ3v) is 6.45. The predicted molar refractivity (Wildman–Crippen MR) is 117 cm³/mol. The Kier molecular flexibility index (Phi) is 5.44. The molecule has 0 aliphatic carbocycles. The van der Waals surface area contributed by atoms with Crippen molar-refractivity contribution >= 4 is 29.3 Å². The van der Waals surface area contributed by atoms with E-state index in [1.54, 1.807) is 6.07 Å². The van der Waals surface area contributed by atoms with Gasteiger partial charge in [0.15, 0.2) is 0 Å². The van der Waals surface area contributed by atoms with Crippen LogP contribution in [0.1, 0.15) is 16.2 Å². The molecule has 158 valence electrons. The van der Waals surface area contributed by atoms with Crippen LogP contribution in [-0.2, 0) is 11.3 Å². The van der Waals surface area contributed by atoms with Gasteiger partial charge in [0.2, 0.25) is 17.6 Å². The number of carbonyl (C=O) groups excluding carboxylic acids is 2. The van der Waals surface area contributed by atoms with E-state index in [-0.39, 0.29) is 11.8 Å². The maximum absolute atomic E-state index is 12.9. The average molecular weight is 436 g/mol. The molecule has 1 N–H and O–H groups in total. The molecule has 3 aromatic rings. The van der Waals surface area contributed by atoms with Gasteiger partial charge >= 0.3 is 0 Å². The molecule has 2 amide bonds. The van der Waals surface area contributed by atoms with E-state index in [0.29, 0.717) is 42.7 Å². The zero-order chi connectivity index (χ0) is 21.2. The van der Waals surface area contributed by atoms with Gasteiger partial charge in [0.1, 0.15) is 0 Å². The van der Waals surface area contributed by atoms with Gasteiger partial charge in [0.25, 0.3) is 5.91 Å². The van der Waals surface area contributed by atoms with Gasteiger partial charge in [0, 0.05) is 42.2 Å². The lowest BCUT2D eigenvalue weighted by Crippen LogP contribution is -2.48. The Labute approximate surface area is 183 Å². The summed E-state index contributed by atoms with van der Waals surface area (Å²) in [5, 5.41) is 6.91. The summed E-state index contributed by atoms with van der Waals surface area (Å²) in [5.74, 6) is 1.52. The van der Waals surface area contributed by atoms with Crippen LogP contribution in [0.3, 0.4) is 0 Å². The van der Waals surface area contributed by atoms with Gasteiger partial charge in [-0.05, 0) is 18.2 Å². The Balaban J connectivity index is 1.18. The molecule has 0 saturated carbocycles. The molecule has 0 unspecified atom stereocenters.